The smallest absolute Gasteiger partial charge is 0.246 e. The van der Waals surface area contributed by atoms with Crippen LogP contribution in [-0.2, 0) is 19.8 Å². The molecule has 1 unspecified atom stereocenters. The second kappa shape index (κ2) is 17.0. The second-order valence-electron chi connectivity index (χ2n) is 16.2. The Kier molecular flexibility index (Phi) is 12.0. The van der Waals surface area contributed by atoms with E-state index in [1.54, 1.807) is 9.80 Å². The summed E-state index contributed by atoms with van der Waals surface area (Å²) in [4.78, 5) is 49.1. The number of nitrogens with zero attached hydrogens (tertiary/aromatic N) is 3. The topological polar surface area (TPSA) is 93.2 Å². The first-order valence-corrected chi connectivity index (χ1v) is 20.3. The lowest BCUT2D eigenvalue weighted by Crippen LogP contribution is -2.55. The van der Waals surface area contributed by atoms with Gasteiger partial charge in [0.2, 0.25) is 17.7 Å². The molecule has 4 aliphatic rings. The summed E-state index contributed by atoms with van der Waals surface area (Å²) < 4.78 is 0. The maximum Gasteiger partial charge on any atom is 0.246 e. The van der Waals surface area contributed by atoms with E-state index < -0.39 is 29.5 Å². The number of carbonyl (C=O) groups excluding carboxylic acids is 3. The molecule has 0 radical (unpaired) electrons. The summed E-state index contributed by atoms with van der Waals surface area (Å²) in [6, 6.07) is 29.0. The Hall–Kier alpha value is -4.01. The highest BCUT2D eigenvalue weighted by Crippen LogP contribution is 2.46. The van der Waals surface area contributed by atoms with E-state index in [4.69, 9.17) is 0 Å². The summed E-state index contributed by atoms with van der Waals surface area (Å²) in [6.07, 6.45) is 9.73. The monoisotopic (exact) mass is 718 g/mol. The first kappa shape index (κ1) is 37.3. The zero-order chi connectivity index (χ0) is 36.8. The summed E-state index contributed by atoms with van der Waals surface area (Å²) in [7, 11) is 0. The molecule has 3 saturated heterocycles. The number of carbonyl (C=O) groups is 3. The molecule has 53 heavy (non-hydrogen) atoms. The van der Waals surface area contributed by atoms with Crippen LogP contribution in [0.4, 0.5) is 0 Å². The fourth-order valence-corrected chi connectivity index (χ4v) is 10.2. The number of hydrogen-bond donors (Lipinski definition) is 2. The van der Waals surface area contributed by atoms with Crippen molar-refractivity contribution in [3.63, 3.8) is 0 Å². The predicted molar refractivity (Wildman–Crippen MR) is 208 cm³/mol. The van der Waals surface area contributed by atoms with Crippen LogP contribution in [0.2, 0.25) is 0 Å². The van der Waals surface area contributed by atoms with Crippen LogP contribution in [0.3, 0.4) is 0 Å². The molecule has 282 valence electrons. The predicted octanol–water partition coefficient (Wildman–Crippen LogP) is 6.02. The minimum Gasteiger partial charge on any atom is -0.391 e. The van der Waals surface area contributed by atoms with E-state index in [9.17, 15) is 19.5 Å². The Morgan fingerprint density at radius 3 is 1.87 bits per heavy atom. The van der Waals surface area contributed by atoms with Gasteiger partial charge in [-0.15, -0.1) is 0 Å². The fourth-order valence-electron chi connectivity index (χ4n) is 10.2. The number of likely N-dealkylation sites (tertiary alicyclic amines) is 3. The van der Waals surface area contributed by atoms with Crippen molar-refractivity contribution in [2.75, 3.05) is 39.3 Å². The number of aliphatic hydroxyl groups is 1. The van der Waals surface area contributed by atoms with Gasteiger partial charge in [0, 0.05) is 39.1 Å². The summed E-state index contributed by atoms with van der Waals surface area (Å²) in [5.74, 6) is 0.0839. The average Bonchev–Trinajstić information content (AvgIpc) is 3.86. The van der Waals surface area contributed by atoms with Crippen molar-refractivity contribution in [2.24, 2.45) is 17.8 Å². The number of rotatable bonds is 11. The number of benzene rings is 3. The number of β-amino-alcohol motifs (C(OH)–C–C–N with tert-alkyl or cyclic N) is 1. The van der Waals surface area contributed by atoms with Gasteiger partial charge in [0.05, 0.1) is 17.4 Å². The molecule has 3 aromatic carbocycles. The van der Waals surface area contributed by atoms with E-state index >= 15 is 0 Å². The zero-order valence-electron chi connectivity index (χ0n) is 31.5. The minimum atomic E-state index is -0.858. The third kappa shape index (κ3) is 7.95. The molecule has 7 rings (SSSR count). The largest absolute Gasteiger partial charge is 0.391 e. The van der Waals surface area contributed by atoms with Crippen molar-refractivity contribution in [3.8, 4) is 0 Å². The van der Waals surface area contributed by atoms with Gasteiger partial charge in [-0.25, -0.2) is 0 Å². The van der Waals surface area contributed by atoms with Gasteiger partial charge < -0.3 is 25.1 Å². The molecule has 3 amide bonds. The molecule has 1 saturated carbocycles. The summed E-state index contributed by atoms with van der Waals surface area (Å²) in [5, 5.41) is 14.3. The van der Waals surface area contributed by atoms with Crippen LogP contribution in [0.15, 0.2) is 91.0 Å². The maximum atomic E-state index is 15.0. The standard InChI is InChI=1S/C45H58N4O4/c1-33(45(36-19-8-3-9-20-36,37-21-10-4-11-22-37)38-23-12-5-13-24-38)43(52)49-32-39(50)28-41(49)44(53)48-27-15-25-40(48)42(51)46-29-35-18-14-26-47(31-35)30-34-16-6-2-7-17-34/h3-5,8-13,19-24,33-35,39-41,50H,2,6-7,14-18,25-32H2,1H3,(H,46,51)/t33?,35-,39-,40-,41+/m1/s1. The minimum absolute atomic E-state index is 0.0811. The number of hydrogen-bond acceptors (Lipinski definition) is 5. The molecule has 3 aliphatic heterocycles. The first-order chi connectivity index (χ1) is 25.9. The number of piperidine rings is 1. The van der Waals surface area contributed by atoms with Crippen LogP contribution >= 0.6 is 0 Å². The van der Waals surface area contributed by atoms with E-state index in [0.717, 1.165) is 55.0 Å². The average molecular weight is 719 g/mol. The van der Waals surface area contributed by atoms with Crippen LogP contribution in [0, 0.1) is 17.8 Å². The Bertz CT molecular complexity index is 1570. The molecule has 8 nitrogen and oxygen atoms in total. The van der Waals surface area contributed by atoms with Crippen molar-refractivity contribution in [1.29, 1.82) is 0 Å². The highest BCUT2D eigenvalue weighted by molar-refractivity contribution is 5.94. The summed E-state index contributed by atoms with van der Waals surface area (Å²) in [6.45, 7) is 6.49. The molecule has 2 N–H and O–H groups in total. The number of aliphatic hydroxyl groups excluding tert-OH is 1. The molecular weight excluding hydrogens is 661 g/mol. The zero-order valence-corrected chi connectivity index (χ0v) is 31.5. The van der Waals surface area contributed by atoms with Gasteiger partial charge in [-0.1, -0.05) is 117 Å². The molecule has 3 heterocycles. The van der Waals surface area contributed by atoms with Crippen molar-refractivity contribution in [1.82, 2.24) is 20.0 Å². The molecule has 1 aliphatic carbocycles. The van der Waals surface area contributed by atoms with Crippen LogP contribution in [0.5, 0.6) is 0 Å². The van der Waals surface area contributed by atoms with E-state index in [1.165, 1.54) is 38.6 Å². The van der Waals surface area contributed by atoms with E-state index in [0.29, 0.717) is 25.4 Å². The fraction of sp³-hybridized carbons (Fsp3) is 0.533. The van der Waals surface area contributed by atoms with E-state index in [2.05, 4.69) is 46.6 Å². The summed E-state index contributed by atoms with van der Waals surface area (Å²) >= 11 is 0. The Balaban J connectivity index is 1.07. The molecule has 8 heteroatoms. The number of nitrogens with one attached hydrogen (secondary N) is 1. The van der Waals surface area contributed by atoms with Crippen molar-refractivity contribution < 1.29 is 19.5 Å². The molecule has 0 spiro atoms. The van der Waals surface area contributed by atoms with Gasteiger partial charge in [0.15, 0.2) is 0 Å². The first-order valence-electron chi connectivity index (χ1n) is 20.3. The van der Waals surface area contributed by atoms with Gasteiger partial charge in [0.1, 0.15) is 12.1 Å². The van der Waals surface area contributed by atoms with E-state index in [1.807, 2.05) is 61.5 Å². The van der Waals surface area contributed by atoms with Crippen molar-refractivity contribution in [3.05, 3.63) is 108 Å². The molecular formula is C45H58N4O4. The van der Waals surface area contributed by atoms with Gasteiger partial charge >= 0.3 is 0 Å². The van der Waals surface area contributed by atoms with Gasteiger partial charge in [-0.2, -0.15) is 0 Å². The van der Waals surface area contributed by atoms with Crippen molar-refractivity contribution >= 4 is 17.7 Å². The highest BCUT2D eigenvalue weighted by Gasteiger charge is 2.51. The van der Waals surface area contributed by atoms with Gasteiger partial charge in [-0.05, 0) is 73.6 Å². The normalized spacial score (nSPS) is 24.9. The maximum absolute atomic E-state index is 15.0. The van der Waals surface area contributed by atoms with Crippen LogP contribution in [0.25, 0.3) is 0 Å². The Morgan fingerprint density at radius 2 is 1.26 bits per heavy atom. The quantitative estimate of drug-likeness (QED) is 0.237. The molecule has 0 aromatic heterocycles. The SMILES string of the molecule is CC(C(=O)N1C[C@H](O)C[C@H]1C(=O)N1CCC[C@@H]1C(=O)NC[C@H]1CCCN(CC2CCCCC2)C1)C(c1ccccc1)(c1ccccc1)c1ccccc1. The third-order valence-corrected chi connectivity index (χ3v) is 12.8. The van der Waals surface area contributed by atoms with Gasteiger partial charge in [0.25, 0.3) is 0 Å². The second-order valence-corrected chi connectivity index (χ2v) is 16.2. The number of amides is 3. The van der Waals surface area contributed by atoms with Crippen LogP contribution < -0.4 is 5.32 Å². The van der Waals surface area contributed by atoms with Gasteiger partial charge in [-0.3, -0.25) is 14.4 Å². The lowest BCUT2D eigenvalue weighted by atomic mass is 9.62. The molecule has 0 bridgehead atoms. The van der Waals surface area contributed by atoms with E-state index in [-0.39, 0.29) is 30.7 Å². The third-order valence-electron chi connectivity index (χ3n) is 12.8. The molecule has 4 fully saturated rings. The lowest BCUT2D eigenvalue weighted by molar-refractivity contribution is -0.148. The summed E-state index contributed by atoms with van der Waals surface area (Å²) in [5.41, 5.74) is 2.08. The Labute approximate surface area is 315 Å². The van der Waals surface area contributed by atoms with Crippen molar-refractivity contribution in [2.45, 2.75) is 94.7 Å². The Morgan fingerprint density at radius 1 is 0.698 bits per heavy atom. The highest BCUT2D eigenvalue weighted by atomic mass is 16.3. The lowest BCUT2D eigenvalue weighted by Gasteiger charge is -2.42. The van der Waals surface area contributed by atoms with Crippen LogP contribution in [-0.4, -0.2) is 95.0 Å². The molecule has 5 atom stereocenters. The van der Waals surface area contributed by atoms with Crippen LogP contribution in [0.1, 0.15) is 87.8 Å². The molecule has 3 aromatic rings.